The van der Waals surface area contributed by atoms with Crippen molar-refractivity contribution < 1.29 is 9.53 Å². The van der Waals surface area contributed by atoms with Crippen LogP contribution in [-0.4, -0.2) is 5.97 Å². The molecule has 0 aliphatic heterocycles. The van der Waals surface area contributed by atoms with Gasteiger partial charge in [0, 0.05) is 11.0 Å². The standard InChI is InChI=1S/C16H20O2/c1-11(2)15(17)18-14-13-8-6-5-7-12(13)9-10-16(14,3)4/h5-8,14H,1,9-10H2,2-4H3. The number of benzene rings is 1. The van der Waals surface area contributed by atoms with Gasteiger partial charge in [-0.2, -0.15) is 0 Å². The summed E-state index contributed by atoms with van der Waals surface area (Å²) in [5.74, 6) is -0.301. The first-order valence-corrected chi connectivity index (χ1v) is 6.36. The Morgan fingerprint density at radius 1 is 1.39 bits per heavy atom. The zero-order valence-electron chi connectivity index (χ0n) is 11.3. The highest BCUT2D eigenvalue weighted by Gasteiger charge is 2.38. The molecule has 0 saturated carbocycles. The van der Waals surface area contributed by atoms with Crippen LogP contribution >= 0.6 is 0 Å². The summed E-state index contributed by atoms with van der Waals surface area (Å²) in [6.07, 6.45) is 1.90. The summed E-state index contributed by atoms with van der Waals surface area (Å²) >= 11 is 0. The van der Waals surface area contributed by atoms with Gasteiger partial charge in [-0.15, -0.1) is 0 Å². The van der Waals surface area contributed by atoms with Crippen LogP contribution in [0.15, 0.2) is 36.4 Å². The molecule has 0 radical (unpaired) electrons. The number of carbonyl (C=O) groups excluding carboxylic acids is 1. The molecule has 18 heavy (non-hydrogen) atoms. The molecule has 2 heteroatoms. The van der Waals surface area contributed by atoms with Crippen LogP contribution in [0.3, 0.4) is 0 Å². The maximum Gasteiger partial charge on any atom is 0.333 e. The second-order valence-electron chi connectivity index (χ2n) is 5.75. The molecule has 1 aliphatic rings. The lowest BCUT2D eigenvalue weighted by atomic mass is 9.72. The Bertz CT molecular complexity index is 486. The lowest BCUT2D eigenvalue weighted by Crippen LogP contribution is -2.32. The van der Waals surface area contributed by atoms with Crippen LogP contribution in [-0.2, 0) is 16.0 Å². The average Bonchev–Trinajstić information content (AvgIpc) is 2.32. The topological polar surface area (TPSA) is 26.3 Å². The summed E-state index contributed by atoms with van der Waals surface area (Å²) in [5.41, 5.74) is 2.85. The Labute approximate surface area is 109 Å². The molecule has 0 aromatic heterocycles. The van der Waals surface area contributed by atoms with Gasteiger partial charge >= 0.3 is 5.97 Å². The zero-order chi connectivity index (χ0) is 13.3. The molecule has 0 saturated heterocycles. The van der Waals surface area contributed by atoms with E-state index in [0.29, 0.717) is 5.57 Å². The minimum Gasteiger partial charge on any atom is -0.454 e. The average molecular weight is 244 g/mol. The SMILES string of the molecule is C=C(C)C(=O)OC1c2ccccc2CCC1(C)C. The van der Waals surface area contributed by atoms with Crippen molar-refractivity contribution in [1.82, 2.24) is 0 Å². The summed E-state index contributed by atoms with van der Waals surface area (Å²) in [6.45, 7) is 9.64. The molecule has 0 spiro atoms. The van der Waals surface area contributed by atoms with Gasteiger partial charge in [0.25, 0.3) is 0 Å². The number of hydrogen-bond acceptors (Lipinski definition) is 2. The lowest BCUT2D eigenvalue weighted by molar-refractivity contribution is -0.152. The van der Waals surface area contributed by atoms with Gasteiger partial charge in [-0.3, -0.25) is 0 Å². The van der Waals surface area contributed by atoms with Crippen molar-refractivity contribution in [2.45, 2.75) is 39.7 Å². The molecule has 1 aromatic rings. The van der Waals surface area contributed by atoms with Crippen molar-refractivity contribution >= 4 is 5.97 Å². The van der Waals surface area contributed by atoms with E-state index >= 15 is 0 Å². The molecule has 96 valence electrons. The molecule has 0 amide bonds. The molecule has 1 aromatic carbocycles. The van der Waals surface area contributed by atoms with Crippen LogP contribution in [0.1, 0.15) is 44.4 Å². The zero-order valence-corrected chi connectivity index (χ0v) is 11.3. The Morgan fingerprint density at radius 2 is 2.06 bits per heavy atom. The molecule has 2 rings (SSSR count). The minimum absolute atomic E-state index is 0.0283. The normalized spacial score (nSPS) is 20.9. The smallest absolute Gasteiger partial charge is 0.333 e. The predicted molar refractivity (Wildman–Crippen MR) is 72.2 cm³/mol. The number of aryl methyl sites for hydroxylation is 1. The monoisotopic (exact) mass is 244 g/mol. The fraction of sp³-hybridized carbons (Fsp3) is 0.438. The van der Waals surface area contributed by atoms with Gasteiger partial charge < -0.3 is 4.74 Å². The number of carbonyl (C=O) groups is 1. The van der Waals surface area contributed by atoms with E-state index in [4.69, 9.17) is 4.74 Å². The van der Waals surface area contributed by atoms with Gasteiger partial charge in [0.2, 0.25) is 0 Å². The molecular weight excluding hydrogens is 224 g/mol. The molecule has 1 atom stereocenters. The van der Waals surface area contributed by atoms with Crippen LogP contribution in [0, 0.1) is 5.41 Å². The number of fused-ring (bicyclic) bond motifs is 1. The Kier molecular flexibility index (Phi) is 3.29. The van der Waals surface area contributed by atoms with Crippen molar-refractivity contribution in [2.75, 3.05) is 0 Å². The molecule has 2 nitrogen and oxygen atoms in total. The summed E-state index contributed by atoms with van der Waals surface area (Å²) in [7, 11) is 0. The largest absolute Gasteiger partial charge is 0.454 e. The lowest BCUT2D eigenvalue weighted by Gasteiger charge is -2.39. The second kappa shape index (κ2) is 4.60. The maximum absolute atomic E-state index is 11.8. The van der Waals surface area contributed by atoms with Crippen molar-refractivity contribution in [1.29, 1.82) is 0 Å². The highest BCUT2D eigenvalue weighted by Crippen LogP contribution is 2.45. The van der Waals surface area contributed by atoms with Crippen LogP contribution in [0.2, 0.25) is 0 Å². The molecule has 1 unspecified atom stereocenters. The van der Waals surface area contributed by atoms with E-state index in [1.54, 1.807) is 6.92 Å². The summed E-state index contributed by atoms with van der Waals surface area (Å²) < 4.78 is 5.66. The van der Waals surface area contributed by atoms with E-state index in [-0.39, 0.29) is 17.5 Å². The summed E-state index contributed by atoms with van der Waals surface area (Å²) in [5, 5.41) is 0. The van der Waals surface area contributed by atoms with E-state index in [0.717, 1.165) is 18.4 Å². The highest BCUT2D eigenvalue weighted by molar-refractivity contribution is 5.87. The van der Waals surface area contributed by atoms with Crippen LogP contribution < -0.4 is 0 Å². The van der Waals surface area contributed by atoms with E-state index in [9.17, 15) is 4.79 Å². The Hall–Kier alpha value is -1.57. The predicted octanol–water partition coefficient (Wildman–Crippen LogP) is 3.82. The van der Waals surface area contributed by atoms with Crippen molar-refractivity contribution in [2.24, 2.45) is 5.41 Å². The van der Waals surface area contributed by atoms with Gasteiger partial charge in [0.1, 0.15) is 6.10 Å². The van der Waals surface area contributed by atoms with Crippen molar-refractivity contribution in [3.05, 3.63) is 47.5 Å². The van der Waals surface area contributed by atoms with Crippen molar-refractivity contribution in [3.63, 3.8) is 0 Å². The highest BCUT2D eigenvalue weighted by atomic mass is 16.5. The molecule has 0 N–H and O–H groups in total. The number of rotatable bonds is 2. The van der Waals surface area contributed by atoms with Crippen LogP contribution in [0.5, 0.6) is 0 Å². The minimum atomic E-state index is -0.301. The number of esters is 1. The van der Waals surface area contributed by atoms with E-state index in [1.165, 1.54) is 5.56 Å². The van der Waals surface area contributed by atoms with Crippen molar-refractivity contribution in [3.8, 4) is 0 Å². The molecular formula is C16H20O2. The van der Waals surface area contributed by atoms with Crippen LogP contribution in [0.4, 0.5) is 0 Å². The third-order valence-electron chi connectivity index (χ3n) is 3.66. The van der Waals surface area contributed by atoms with E-state index < -0.39 is 0 Å². The van der Waals surface area contributed by atoms with Crippen LogP contribution in [0.25, 0.3) is 0 Å². The number of ether oxygens (including phenoxy) is 1. The van der Waals surface area contributed by atoms with E-state index in [1.807, 2.05) is 12.1 Å². The van der Waals surface area contributed by atoms with Gasteiger partial charge in [0.15, 0.2) is 0 Å². The first-order valence-electron chi connectivity index (χ1n) is 6.36. The second-order valence-corrected chi connectivity index (χ2v) is 5.75. The fourth-order valence-electron chi connectivity index (χ4n) is 2.46. The quantitative estimate of drug-likeness (QED) is 0.584. The summed E-state index contributed by atoms with van der Waals surface area (Å²) in [4.78, 5) is 11.8. The van der Waals surface area contributed by atoms with Gasteiger partial charge in [-0.1, -0.05) is 44.7 Å². The molecule has 0 bridgehead atoms. The number of hydrogen-bond donors (Lipinski definition) is 0. The first kappa shape index (κ1) is 12.9. The van der Waals surface area contributed by atoms with Gasteiger partial charge in [0.05, 0.1) is 0 Å². The molecule has 0 heterocycles. The van der Waals surface area contributed by atoms with Gasteiger partial charge in [-0.25, -0.2) is 4.79 Å². The van der Waals surface area contributed by atoms with E-state index in [2.05, 4.69) is 32.6 Å². The summed E-state index contributed by atoms with van der Waals surface area (Å²) in [6, 6.07) is 8.22. The first-order chi connectivity index (χ1) is 8.42. The third kappa shape index (κ3) is 2.33. The van der Waals surface area contributed by atoms with Gasteiger partial charge in [-0.05, 0) is 30.9 Å². The fourth-order valence-corrected chi connectivity index (χ4v) is 2.46. The molecule has 0 fully saturated rings. The Balaban J connectivity index is 2.36. The third-order valence-corrected chi connectivity index (χ3v) is 3.66. The Morgan fingerprint density at radius 3 is 2.72 bits per heavy atom. The molecule has 1 aliphatic carbocycles. The maximum atomic E-state index is 11.8.